The molecule has 3 nitrogen and oxygen atoms in total. The molecule has 0 heterocycles. The van der Waals surface area contributed by atoms with E-state index in [0.29, 0.717) is 12.5 Å². The molecule has 0 radical (unpaired) electrons. The molecular weight excluding hydrogens is 178 g/mol. The average Bonchev–Trinajstić information content (AvgIpc) is 2.07. The molecule has 0 saturated carbocycles. The van der Waals surface area contributed by atoms with Crippen LogP contribution in [0, 0.1) is 0 Å². The SMILES string of the molecule is CCOC(=O)C/C=C(/CCl)NC. The molecule has 0 aromatic heterocycles. The van der Waals surface area contributed by atoms with Gasteiger partial charge >= 0.3 is 5.97 Å². The Kier molecular flexibility index (Phi) is 6.57. The van der Waals surface area contributed by atoms with Gasteiger partial charge in [0.2, 0.25) is 0 Å². The van der Waals surface area contributed by atoms with Crippen LogP contribution in [-0.4, -0.2) is 25.5 Å². The highest BCUT2D eigenvalue weighted by Crippen LogP contribution is 1.96. The zero-order chi connectivity index (χ0) is 9.40. The van der Waals surface area contributed by atoms with E-state index in [4.69, 9.17) is 16.3 Å². The van der Waals surface area contributed by atoms with Crippen LogP contribution in [0.25, 0.3) is 0 Å². The first-order valence-corrected chi connectivity index (χ1v) is 4.36. The summed E-state index contributed by atoms with van der Waals surface area (Å²) in [6.45, 7) is 2.20. The number of nitrogens with one attached hydrogen (secondary N) is 1. The Hall–Kier alpha value is -0.700. The Morgan fingerprint density at radius 1 is 1.67 bits per heavy atom. The van der Waals surface area contributed by atoms with Crippen molar-refractivity contribution in [3.8, 4) is 0 Å². The van der Waals surface area contributed by atoms with E-state index < -0.39 is 0 Å². The van der Waals surface area contributed by atoms with Crippen molar-refractivity contribution in [1.29, 1.82) is 0 Å². The van der Waals surface area contributed by atoms with Gasteiger partial charge in [-0.05, 0) is 6.92 Å². The molecule has 0 aromatic carbocycles. The molecule has 0 aromatic rings. The second-order valence-electron chi connectivity index (χ2n) is 2.12. The van der Waals surface area contributed by atoms with Gasteiger partial charge in [0.05, 0.1) is 18.9 Å². The Balaban J connectivity index is 3.76. The van der Waals surface area contributed by atoms with Crippen molar-refractivity contribution < 1.29 is 9.53 Å². The van der Waals surface area contributed by atoms with E-state index in [0.717, 1.165) is 5.70 Å². The predicted octanol–water partition coefficient (Wildman–Crippen LogP) is 1.28. The minimum atomic E-state index is -0.227. The summed E-state index contributed by atoms with van der Waals surface area (Å²) in [5, 5.41) is 2.87. The van der Waals surface area contributed by atoms with Gasteiger partial charge in [0.15, 0.2) is 0 Å². The van der Waals surface area contributed by atoms with Crippen molar-refractivity contribution >= 4 is 17.6 Å². The fourth-order valence-electron chi connectivity index (χ4n) is 0.650. The molecule has 0 fully saturated rings. The summed E-state index contributed by atoms with van der Waals surface area (Å²) >= 11 is 5.55. The first-order chi connectivity index (χ1) is 5.74. The second kappa shape index (κ2) is 6.98. The van der Waals surface area contributed by atoms with Gasteiger partial charge in [-0.2, -0.15) is 0 Å². The second-order valence-corrected chi connectivity index (χ2v) is 2.39. The molecule has 12 heavy (non-hydrogen) atoms. The number of allylic oxidation sites excluding steroid dienone is 1. The Morgan fingerprint density at radius 3 is 2.75 bits per heavy atom. The normalized spacial score (nSPS) is 11.1. The summed E-state index contributed by atoms with van der Waals surface area (Å²) < 4.78 is 4.73. The van der Waals surface area contributed by atoms with Crippen LogP contribution < -0.4 is 5.32 Å². The van der Waals surface area contributed by atoms with Crippen molar-refractivity contribution in [3.63, 3.8) is 0 Å². The number of hydrogen-bond donors (Lipinski definition) is 1. The molecule has 0 atom stereocenters. The van der Waals surface area contributed by atoms with Crippen molar-refractivity contribution in [1.82, 2.24) is 5.32 Å². The maximum atomic E-state index is 10.8. The van der Waals surface area contributed by atoms with Crippen molar-refractivity contribution in [2.45, 2.75) is 13.3 Å². The number of hydrogen-bond acceptors (Lipinski definition) is 3. The van der Waals surface area contributed by atoms with E-state index in [1.165, 1.54) is 0 Å². The molecule has 0 saturated heterocycles. The Labute approximate surface area is 77.7 Å². The monoisotopic (exact) mass is 191 g/mol. The third-order valence-corrected chi connectivity index (χ3v) is 1.57. The number of rotatable bonds is 5. The van der Waals surface area contributed by atoms with Gasteiger partial charge in [-0.3, -0.25) is 4.79 Å². The molecule has 0 unspecified atom stereocenters. The van der Waals surface area contributed by atoms with Crippen molar-refractivity contribution in [2.24, 2.45) is 0 Å². The summed E-state index contributed by atoms with van der Waals surface area (Å²) in [4.78, 5) is 10.8. The Bertz CT molecular complexity index is 162. The largest absolute Gasteiger partial charge is 0.466 e. The van der Waals surface area contributed by atoms with E-state index in [1.807, 2.05) is 0 Å². The van der Waals surface area contributed by atoms with Gasteiger partial charge in [-0.25, -0.2) is 0 Å². The molecule has 0 bridgehead atoms. The van der Waals surface area contributed by atoms with Crippen molar-refractivity contribution in [2.75, 3.05) is 19.5 Å². The van der Waals surface area contributed by atoms with Gasteiger partial charge in [0, 0.05) is 12.7 Å². The lowest BCUT2D eigenvalue weighted by atomic mass is 10.3. The highest BCUT2D eigenvalue weighted by atomic mass is 35.5. The molecule has 0 amide bonds. The summed E-state index contributed by atoms with van der Waals surface area (Å²) in [5.41, 5.74) is 0.838. The number of halogens is 1. The fourth-order valence-corrected chi connectivity index (χ4v) is 0.893. The lowest BCUT2D eigenvalue weighted by molar-refractivity contribution is -0.142. The highest BCUT2D eigenvalue weighted by molar-refractivity contribution is 6.19. The molecule has 0 spiro atoms. The van der Waals surface area contributed by atoms with Gasteiger partial charge in [-0.1, -0.05) is 6.08 Å². The predicted molar refractivity (Wildman–Crippen MR) is 49.1 cm³/mol. The third-order valence-electron chi connectivity index (χ3n) is 1.29. The van der Waals surface area contributed by atoms with Crippen LogP contribution in [-0.2, 0) is 9.53 Å². The quantitative estimate of drug-likeness (QED) is 0.526. The number of esters is 1. The number of carbonyl (C=O) groups excluding carboxylic acids is 1. The van der Waals surface area contributed by atoms with Crippen LogP contribution >= 0.6 is 11.6 Å². The van der Waals surface area contributed by atoms with Gasteiger partial charge in [-0.15, -0.1) is 11.6 Å². The van der Waals surface area contributed by atoms with E-state index >= 15 is 0 Å². The van der Waals surface area contributed by atoms with E-state index in [1.54, 1.807) is 20.0 Å². The maximum absolute atomic E-state index is 10.8. The zero-order valence-corrected chi connectivity index (χ0v) is 8.15. The van der Waals surface area contributed by atoms with Crippen LogP contribution in [0.2, 0.25) is 0 Å². The smallest absolute Gasteiger partial charge is 0.309 e. The molecular formula is C8H14ClNO2. The maximum Gasteiger partial charge on any atom is 0.309 e. The zero-order valence-electron chi connectivity index (χ0n) is 7.39. The summed E-state index contributed by atoms with van der Waals surface area (Å²) in [5.74, 6) is 0.158. The van der Waals surface area contributed by atoms with Crippen LogP contribution in [0.4, 0.5) is 0 Å². The number of ether oxygens (including phenoxy) is 1. The summed E-state index contributed by atoms with van der Waals surface area (Å²) in [6.07, 6.45) is 2.00. The Morgan fingerprint density at radius 2 is 2.33 bits per heavy atom. The molecule has 0 rings (SSSR count). The standard InChI is InChI=1S/C8H14ClNO2/c1-3-12-8(11)5-4-7(6-9)10-2/h4,10H,3,5-6H2,1-2H3/b7-4-. The average molecular weight is 192 g/mol. The lowest BCUT2D eigenvalue weighted by Crippen LogP contribution is -2.09. The first-order valence-electron chi connectivity index (χ1n) is 3.83. The third kappa shape index (κ3) is 5.02. The number of alkyl halides is 1. The van der Waals surface area contributed by atoms with Gasteiger partial charge in [0.25, 0.3) is 0 Å². The van der Waals surface area contributed by atoms with E-state index in [-0.39, 0.29) is 12.4 Å². The minimum absolute atomic E-state index is 0.227. The summed E-state index contributed by atoms with van der Waals surface area (Å²) in [7, 11) is 1.76. The molecule has 70 valence electrons. The van der Waals surface area contributed by atoms with Crippen LogP contribution in [0.15, 0.2) is 11.8 Å². The summed E-state index contributed by atoms with van der Waals surface area (Å²) in [6, 6.07) is 0. The number of carbonyl (C=O) groups is 1. The molecule has 0 aliphatic rings. The first kappa shape index (κ1) is 11.3. The van der Waals surface area contributed by atoms with Crippen LogP contribution in [0.5, 0.6) is 0 Å². The van der Waals surface area contributed by atoms with Gasteiger partial charge in [0.1, 0.15) is 0 Å². The van der Waals surface area contributed by atoms with Crippen LogP contribution in [0.1, 0.15) is 13.3 Å². The van der Waals surface area contributed by atoms with E-state index in [2.05, 4.69) is 5.32 Å². The fraction of sp³-hybridized carbons (Fsp3) is 0.625. The van der Waals surface area contributed by atoms with Gasteiger partial charge < -0.3 is 10.1 Å². The molecule has 4 heteroatoms. The van der Waals surface area contributed by atoms with Crippen LogP contribution in [0.3, 0.4) is 0 Å². The molecule has 0 aliphatic heterocycles. The molecule has 1 N–H and O–H groups in total. The molecule has 0 aliphatic carbocycles. The van der Waals surface area contributed by atoms with Crippen molar-refractivity contribution in [3.05, 3.63) is 11.8 Å². The minimum Gasteiger partial charge on any atom is -0.466 e. The lowest BCUT2D eigenvalue weighted by Gasteiger charge is -2.01. The van der Waals surface area contributed by atoms with E-state index in [9.17, 15) is 4.79 Å². The topological polar surface area (TPSA) is 38.3 Å². The highest BCUT2D eigenvalue weighted by Gasteiger charge is 1.98.